The second-order valence-corrected chi connectivity index (χ2v) is 6.05. The monoisotopic (exact) mass is 266 g/mol. The van der Waals surface area contributed by atoms with Crippen LogP contribution in [0.3, 0.4) is 0 Å². The fourth-order valence-corrected chi connectivity index (χ4v) is 4.01. The van der Waals surface area contributed by atoms with Gasteiger partial charge in [0, 0.05) is 10.6 Å². The van der Waals surface area contributed by atoms with Crippen LogP contribution in [0.4, 0.5) is 0 Å². The van der Waals surface area contributed by atoms with Gasteiger partial charge in [0.25, 0.3) is 0 Å². The van der Waals surface area contributed by atoms with Gasteiger partial charge in [-0.25, -0.2) is 0 Å². The Morgan fingerprint density at radius 3 is 2.74 bits per heavy atom. The molecule has 1 heterocycles. The third-order valence-electron chi connectivity index (χ3n) is 4.11. The minimum absolute atomic E-state index is 0.259. The van der Waals surface area contributed by atoms with Crippen LogP contribution in [0.5, 0.6) is 0 Å². The van der Waals surface area contributed by atoms with Crippen molar-refractivity contribution in [3.63, 3.8) is 0 Å². The number of benzene rings is 2. The van der Waals surface area contributed by atoms with E-state index < -0.39 is 0 Å². The highest BCUT2D eigenvalue weighted by Gasteiger charge is 2.33. The van der Waals surface area contributed by atoms with Crippen molar-refractivity contribution in [3.05, 3.63) is 70.6 Å². The molecule has 94 valence electrons. The topological polar surface area (TPSA) is 20.2 Å². The quantitative estimate of drug-likeness (QED) is 0.734. The molecule has 1 aliphatic carbocycles. The molecule has 0 spiro atoms. The van der Waals surface area contributed by atoms with Crippen molar-refractivity contribution in [2.45, 2.75) is 18.4 Å². The van der Waals surface area contributed by atoms with E-state index in [-0.39, 0.29) is 12.0 Å². The van der Waals surface area contributed by atoms with E-state index in [1.807, 2.05) is 12.1 Å². The molecule has 0 saturated carbocycles. The summed E-state index contributed by atoms with van der Waals surface area (Å²) in [6.07, 6.45) is 0.604. The Bertz CT molecular complexity index is 744. The molecule has 1 nitrogen and oxygen atoms in total. The van der Waals surface area contributed by atoms with Crippen molar-refractivity contribution >= 4 is 21.4 Å². The molecule has 0 aliphatic heterocycles. The maximum Gasteiger partial charge on any atom is 0.0875 e. The van der Waals surface area contributed by atoms with Crippen molar-refractivity contribution in [3.8, 4) is 0 Å². The maximum atomic E-state index is 10.7. The first-order valence-corrected chi connectivity index (χ1v) is 7.44. The molecule has 19 heavy (non-hydrogen) atoms. The zero-order valence-electron chi connectivity index (χ0n) is 10.4. The smallest absolute Gasteiger partial charge is 0.0875 e. The van der Waals surface area contributed by atoms with Gasteiger partial charge in [-0.3, -0.25) is 0 Å². The number of fused-ring (bicyclic) bond motifs is 2. The molecule has 0 saturated heterocycles. The first-order valence-electron chi connectivity index (χ1n) is 6.56. The summed E-state index contributed by atoms with van der Waals surface area (Å²) in [5.41, 5.74) is 3.77. The Balaban J connectivity index is 1.74. The summed E-state index contributed by atoms with van der Waals surface area (Å²) in [6, 6.07) is 16.7. The second kappa shape index (κ2) is 4.19. The van der Waals surface area contributed by atoms with E-state index in [2.05, 4.69) is 41.8 Å². The van der Waals surface area contributed by atoms with Crippen molar-refractivity contribution in [1.82, 2.24) is 0 Å². The number of aliphatic hydroxyl groups is 1. The Hall–Kier alpha value is -1.64. The van der Waals surface area contributed by atoms with Crippen LogP contribution < -0.4 is 0 Å². The normalized spacial score (nSPS) is 18.9. The summed E-state index contributed by atoms with van der Waals surface area (Å²) in [4.78, 5) is 0. The van der Waals surface area contributed by atoms with E-state index in [4.69, 9.17) is 0 Å². The molecule has 1 aliphatic rings. The van der Waals surface area contributed by atoms with Crippen LogP contribution >= 0.6 is 11.3 Å². The molecule has 0 fully saturated rings. The molecule has 0 bridgehead atoms. The lowest BCUT2D eigenvalue weighted by Crippen LogP contribution is -2.23. The predicted octanol–water partition coefficient (Wildman–Crippen LogP) is 4.27. The molecular formula is C17H14OS. The van der Waals surface area contributed by atoms with Gasteiger partial charge in [0.15, 0.2) is 0 Å². The molecule has 2 aromatic carbocycles. The van der Waals surface area contributed by atoms with E-state index >= 15 is 0 Å². The SMILES string of the molecule is OC(c1csc2ccccc12)C1Cc2ccccc21. The van der Waals surface area contributed by atoms with Gasteiger partial charge in [0.1, 0.15) is 0 Å². The van der Waals surface area contributed by atoms with E-state index in [1.165, 1.54) is 21.2 Å². The zero-order valence-corrected chi connectivity index (χ0v) is 11.2. The maximum absolute atomic E-state index is 10.7. The average Bonchev–Trinajstić information content (AvgIpc) is 2.84. The second-order valence-electron chi connectivity index (χ2n) is 5.14. The third-order valence-corrected chi connectivity index (χ3v) is 5.09. The third kappa shape index (κ3) is 1.64. The van der Waals surface area contributed by atoms with Crippen LogP contribution in [0.15, 0.2) is 53.9 Å². The van der Waals surface area contributed by atoms with Crippen LogP contribution in [0.25, 0.3) is 10.1 Å². The molecule has 2 atom stereocenters. The average molecular weight is 266 g/mol. The van der Waals surface area contributed by atoms with Gasteiger partial charge in [-0.05, 0) is 39.9 Å². The number of aliphatic hydroxyl groups excluding tert-OH is 1. The van der Waals surface area contributed by atoms with Crippen LogP contribution in [0, 0.1) is 0 Å². The molecule has 1 aromatic heterocycles. The Morgan fingerprint density at radius 1 is 1.05 bits per heavy atom. The largest absolute Gasteiger partial charge is 0.388 e. The summed E-state index contributed by atoms with van der Waals surface area (Å²) in [7, 11) is 0. The molecule has 1 N–H and O–H groups in total. The molecule has 0 radical (unpaired) electrons. The van der Waals surface area contributed by atoms with Crippen LogP contribution in [0.2, 0.25) is 0 Å². The standard InChI is InChI=1S/C17H14OS/c18-17(14-9-11-5-1-2-6-12(11)14)15-10-19-16-8-4-3-7-13(15)16/h1-8,10,14,17-18H,9H2. The molecule has 4 rings (SSSR count). The highest BCUT2D eigenvalue weighted by Crippen LogP contribution is 2.45. The van der Waals surface area contributed by atoms with E-state index in [9.17, 15) is 5.11 Å². The Labute approximate surface area is 116 Å². The summed E-state index contributed by atoms with van der Waals surface area (Å²) >= 11 is 1.72. The summed E-state index contributed by atoms with van der Waals surface area (Å²) < 4.78 is 1.25. The summed E-state index contributed by atoms with van der Waals surface area (Å²) in [5.74, 6) is 0.259. The lowest BCUT2D eigenvalue weighted by molar-refractivity contribution is 0.136. The van der Waals surface area contributed by atoms with Crippen LogP contribution in [-0.2, 0) is 6.42 Å². The van der Waals surface area contributed by atoms with E-state index in [0.29, 0.717) is 0 Å². The van der Waals surface area contributed by atoms with Gasteiger partial charge in [-0.2, -0.15) is 0 Å². The van der Waals surface area contributed by atoms with Crippen LogP contribution in [-0.4, -0.2) is 5.11 Å². The van der Waals surface area contributed by atoms with Gasteiger partial charge in [0.2, 0.25) is 0 Å². The fourth-order valence-electron chi connectivity index (χ4n) is 3.02. The van der Waals surface area contributed by atoms with Crippen molar-refractivity contribution in [2.75, 3.05) is 0 Å². The summed E-state index contributed by atoms with van der Waals surface area (Å²) in [5, 5.41) is 14.0. The zero-order chi connectivity index (χ0) is 12.8. The lowest BCUT2D eigenvalue weighted by Gasteiger charge is -2.33. The molecule has 2 unspecified atom stereocenters. The Kier molecular flexibility index (Phi) is 2.47. The van der Waals surface area contributed by atoms with Crippen molar-refractivity contribution in [2.24, 2.45) is 0 Å². The lowest BCUT2D eigenvalue weighted by atomic mass is 9.73. The van der Waals surface area contributed by atoms with Gasteiger partial charge in [0.05, 0.1) is 6.10 Å². The summed E-state index contributed by atoms with van der Waals surface area (Å²) in [6.45, 7) is 0. The van der Waals surface area contributed by atoms with Crippen molar-refractivity contribution in [1.29, 1.82) is 0 Å². The van der Waals surface area contributed by atoms with Crippen molar-refractivity contribution < 1.29 is 5.11 Å². The molecule has 0 amide bonds. The Morgan fingerprint density at radius 2 is 1.84 bits per heavy atom. The number of thiophene rings is 1. The molecule has 2 heteroatoms. The van der Waals surface area contributed by atoms with E-state index in [0.717, 1.165) is 12.0 Å². The van der Waals surface area contributed by atoms with E-state index in [1.54, 1.807) is 11.3 Å². The molecular weight excluding hydrogens is 252 g/mol. The highest BCUT2D eigenvalue weighted by molar-refractivity contribution is 7.17. The number of hydrogen-bond donors (Lipinski definition) is 1. The van der Waals surface area contributed by atoms with Gasteiger partial charge in [-0.15, -0.1) is 11.3 Å². The van der Waals surface area contributed by atoms with Crippen LogP contribution in [0.1, 0.15) is 28.7 Å². The first kappa shape index (κ1) is 11.2. The molecule has 3 aromatic rings. The first-order chi connectivity index (χ1) is 9.34. The highest BCUT2D eigenvalue weighted by atomic mass is 32.1. The van der Waals surface area contributed by atoms with Gasteiger partial charge >= 0.3 is 0 Å². The van der Waals surface area contributed by atoms with Gasteiger partial charge in [-0.1, -0.05) is 42.5 Å². The minimum Gasteiger partial charge on any atom is -0.388 e. The minimum atomic E-state index is -0.383. The number of rotatable bonds is 2. The van der Waals surface area contributed by atoms with Gasteiger partial charge < -0.3 is 5.11 Å². The number of hydrogen-bond acceptors (Lipinski definition) is 2. The fraction of sp³-hybridized carbons (Fsp3) is 0.176. The predicted molar refractivity (Wildman–Crippen MR) is 79.7 cm³/mol.